The Labute approximate surface area is 42.8 Å². The van der Waals surface area contributed by atoms with E-state index in [0.29, 0.717) is 0 Å². The molecule has 7 heavy (non-hydrogen) atoms. The highest BCUT2D eigenvalue weighted by atomic mass is 15.2. The van der Waals surface area contributed by atoms with Gasteiger partial charge in [0.25, 0.3) is 0 Å². The van der Waals surface area contributed by atoms with Gasteiger partial charge in [-0.15, -0.1) is 0 Å². The van der Waals surface area contributed by atoms with Crippen molar-refractivity contribution in [1.29, 1.82) is 0 Å². The fourth-order valence-corrected chi connectivity index (χ4v) is 0.433. The van der Waals surface area contributed by atoms with Crippen molar-refractivity contribution >= 4 is 0 Å². The molecule has 0 saturated carbocycles. The first-order chi connectivity index (χ1) is 3.43. The molecule has 1 radical (unpaired) electrons. The quantitative estimate of drug-likeness (QED) is 0.502. The van der Waals surface area contributed by atoms with Crippen LogP contribution in [0.15, 0.2) is 12.4 Å². The summed E-state index contributed by atoms with van der Waals surface area (Å²) in [5, 5.41) is 3.90. The SMILES string of the molecule is CCn1c[c]cn1. The van der Waals surface area contributed by atoms with Gasteiger partial charge < -0.3 is 0 Å². The molecule has 0 aliphatic rings. The van der Waals surface area contributed by atoms with Gasteiger partial charge in [-0.05, 0) is 6.92 Å². The number of aryl methyl sites for hydroxylation is 1. The van der Waals surface area contributed by atoms with Crippen molar-refractivity contribution in [2.75, 3.05) is 0 Å². The summed E-state index contributed by atoms with van der Waals surface area (Å²) in [5.74, 6) is 0. The van der Waals surface area contributed by atoms with E-state index in [1.165, 1.54) is 0 Å². The third-order valence-corrected chi connectivity index (χ3v) is 0.828. The predicted octanol–water partition coefficient (Wildman–Crippen LogP) is 0.703. The van der Waals surface area contributed by atoms with E-state index in [0.717, 1.165) is 6.54 Å². The molecule has 0 saturated heterocycles. The summed E-state index contributed by atoms with van der Waals surface area (Å²) in [5.41, 5.74) is 0. The zero-order valence-corrected chi connectivity index (χ0v) is 4.26. The van der Waals surface area contributed by atoms with Crippen molar-refractivity contribution in [2.45, 2.75) is 13.5 Å². The lowest BCUT2D eigenvalue weighted by Gasteiger charge is -1.87. The average molecular weight is 95.1 g/mol. The van der Waals surface area contributed by atoms with Crippen LogP contribution in [0.3, 0.4) is 0 Å². The summed E-state index contributed by atoms with van der Waals surface area (Å²) in [4.78, 5) is 0. The van der Waals surface area contributed by atoms with Gasteiger partial charge in [0.1, 0.15) is 0 Å². The van der Waals surface area contributed by atoms with Crippen molar-refractivity contribution < 1.29 is 0 Å². The molecule has 0 bridgehead atoms. The number of nitrogens with zero attached hydrogens (tertiary/aromatic N) is 2. The molecule has 1 aromatic heterocycles. The molecule has 1 heterocycles. The van der Waals surface area contributed by atoms with E-state index in [2.05, 4.69) is 11.2 Å². The Morgan fingerprint density at radius 2 is 2.71 bits per heavy atom. The van der Waals surface area contributed by atoms with Gasteiger partial charge >= 0.3 is 0 Å². The van der Waals surface area contributed by atoms with Gasteiger partial charge in [-0.1, -0.05) is 0 Å². The summed E-state index contributed by atoms with van der Waals surface area (Å²) in [7, 11) is 0. The molecule has 0 aliphatic carbocycles. The van der Waals surface area contributed by atoms with Crippen LogP contribution in [0.4, 0.5) is 0 Å². The van der Waals surface area contributed by atoms with Crippen molar-refractivity contribution in [2.24, 2.45) is 0 Å². The van der Waals surface area contributed by atoms with Crippen molar-refractivity contribution in [1.82, 2.24) is 9.78 Å². The first-order valence-corrected chi connectivity index (χ1v) is 2.32. The van der Waals surface area contributed by atoms with Gasteiger partial charge in [0.05, 0.1) is 6.20 Å². The van der Waals surface area contributed by atoms with Gasteiger partial charge in [-0.2, -0.15) is 5.10 Å². The normalized spacial score (nSPS) is 9.29. The monoisotopic (exact) mass is 95.1 g/mol. The Kier molecular flexibility index (Phi) is 1.11. The maximum Gasteiger partial charge on any atom is 0.0569 e. The molecule has 0 fully saturated rings. The Balaban J connectivity index is 2.76. The van der Waals surface area contributed by atoms with Crippen molar-refractivity contribution in [3.05, 3.63) is 18.5 Å². The van der Waals surface area contributed by atoms with Gasteiger partial charge in [-0.3, -0.25) is 4.68 Å². The van der Waals surface area contributed by atoms with E-state index >= 15 is 0 Å². The molecule has 2 nitrogen and oxygen atoms in total. The van der Waals surface area contributed by atoms with Gasteiger partial charge in [-0.25, -0.2) is 0 Å². The molecule has 0 N–H and O–H groups in total. The van der Waals surface area contributed by atoms with Gasteiger partial charge in [0.15, 0.2) is 0 Å². The van der Waals surface area contributed by atoms with Crippen molar-refractivity contribution in [3.8, 4) is 0 Å². The lowest BCUT2D eigenvalue weighted by Crippen LogP contribution is -1.91. The minimum Gasteiger partial charge on any atom is -0.272 e. The molecule has 0 atom stereocenters. The number of aromatic nitrogens is 2. The second-order valence-electron chi connectivity index (χ2n) is 1.30. The molecule has 0 unspecified atom stereocenters. The van der Waals surface area contributed by atoms with Crippen LogP contribution in [0.2, 0.25) is 0 Å². The zero-order chi connectivity index (χ0) is 5.11. The summed E-state index contributed by atoms with van der Waals surface area (Å²) in [6.07, 6.45) is 3.48. The van der Waals surface area contributed by atoms with E-state index in [1.54, 1.807) is 6.20 Å². The molecular formula is C5H7N2. The summed E-state index contributed by atoms with van der Waals surface area (Å²) in [6.45, 7) is 2.98. The smallest absolute Gasteiger partial charge is 0.0569 e. The van der Waals surface area contributed by atoms with Crippen LogP contribution in [0, 0.1) is 6.07 Å². The Morgan fingerprint density at radius 1 is 1.86 bits per heavy atom. The number of rotatable bonds is 1. The van der Waals surface area contributed by atoms with Crippen LogP contribution in [-0.2, 0) is 6.54 Å². The summed E-state index contributed by atoms with van der Waals surface area (Å²) >= 11 is 0. The average Bonchev–Trinajstić information content (AvgIpc) is 2.14. The first kappa shape index (κ1) is 4.37. The highest BCUT2D eigenvalue weighted by Gasteiger charge is 1.78. The second kappa shape index (κ2) is 1.78. The van der Waals surface area contributed by atoms with Gasteiger partial charge in [0, 0.05) is 18.8 Å². The largest absolute Gasteiger partial charge is 0.272 e. The fourth-order valence-electron chi connectivity index (χ4n) is 0.433. The minimum absolute atomic E-state index is 0.934. The highest BCUT2D eigenvalue weighted by Crippen LogP contribution is 1.78. The van der Waals surface area contributed by atoms with Crippen LogP contribution in [-0.4, -0.2) is 9.78 Å². The lowest BCUT2D eigenvalue weighted by molar-refractivity contribution is 0.660. The van der Waals surface area contributed by atoms with E-state index in [1.807, 2.05) is 17.8 Å². The topological polar surface area (TPSA) is 17.8 Å². The minimum atomic E-state index is 0.934. The summed E-state index contributed by atoms with van der Waals surface area (Å²) < 4.78 is 1.82. The van der Waals surface area contributed by atoms with Crippen LogP contribution in [0.1, 0.15) is 6.92 Å². The predicted molar refractivity (Wildman–Crippen MR) is 26.7 cm³/mol. The third kappa shape index (κ3) is 0.796. The zero-order valence-electron chi connectivity index (χ0n) is 4.26. The molecular weight excluding hydrogens is 88.1 g/mol. The van der Waals surface area contributed by atoms with Crippen molar-refractivity contribution in [3.63, 3.8) is 0 Å². The second-order valence-corrected chi connectivity index (χ2v) is 1.30. The molecule has 0 aromatic carbocycles. The maximum atomic E-state index is 3.90. The fraction of sp³-hybridized carbons (Fsp3) is 0.400. The molecule has 0 aliphatic heterocycles. The number of hydrogen-bond acceptors (Lipinski definition) is 1. The third-order valence-electron chi connectivity index (χ3n) is 0.828. The highest BCUT2D eigenvalue weighted by molar-refractivity contribution is 4.73. The van der Waals surface area contributed by atoms with E-state index < -0.39 is 0 Å². The molecule has 0 amide bonds. The number of hydrogen-bond donors (Lipinski definition) is 0. The van der Waals surface area contributed by atoms with E-state index in [-0.39, 0.29) is 0 Å². The molecule has 1 aromatic rings. The van der Waals surface area contributed by atoms with Crippen LogP contribution < -0.4 is 0 Å². The molecule has 0 spiro atoms. The lowest BCUT2D eigenvalue weighted by atomic mass is 10.7. The maximum absolute atomic E-state index is 3.90. The van der Waals surface area contributed by atoms with Crippen LogP contribution in [0.25, 0.3) is 0 Å². The van der Waals surface area contributed by atoms with Crippen LogP contribution in [0.5, 0.6) is 0 Å². The van der Waals surface area contributed by atoms with Crippen LogP contribution >= 0.6 is 0 Å². The Morgan fingerprint density at radius 3 is 3.00 bits per heavy atom. The first-order valence-electron chi connectivity index (χ1n) is 2.32. The van der Waals surface area contributed by atoms with Gasteiger partial charge in [0.2, 0.25) is 0 Å². The Bertz CT molecular complexity index is 121. The summed E-state index contributed by atoms with van der Waals surface area (Å²) in [6, 6.07) is 2.83. The molecule has 1 rings (SSSR count). The standard InChI is InChI=1S/C5H7N2/c1-2-7-5-3-4-6-7/h4-5H,2H2,1H3. The van der Waals surface area contributed by atoms with E-state index in [4.69, 9.17) is 0 Å². The molecule has 37 valence electrons. The molecule has 2 heteroatoms. The van der Waals surface area contributed by atoms with E-state index in [9.17, 15) is 0 Å². The Hall–Kier alpha value is -0.790.